The molecule has 0 aliphatic carbocycles. The van der Waals surface area contributed by atoms with E-state index >= 15 is 0 Å². The largest absolute Gasteiger partial charge is 0.253 e. The Balaban J connectivity index is 2.34. The van der Waals surface area contributed by atoms with Crippen LogP contribution in [0.25, 0.3) is 5.69 Å². The Kier molecular flexibility index (Phi) is 0.889. The SMILES string of the molecule is c1ccc2c(c1)[N]c1ncnn1-2. The average Bonchev–Trinajstić information content (AvgIpc) is 2.62. The van der Waals surface area contributed by atoms with Gasteiger partial charge < -0.3 is 0 Å². The van der Waals surface area contributed by atoms with E-state index in [4.69, 9.17) is 0 Å². The lowest BCUT2D eigenvalue weighted by Crippen LogP contribution is -1.89. The maximum absolute atomic E-state index is 4.26. The Labute approximate surface area is 68.9 Å². The van der Waals surface area contributed by atoms with Gasteiger partial charge in [0.15, 0.2) is 0 Å². The Morgan fingerprint density at radius 2 is 2.08 bits per heavy atom. The minimum absolute atomic E-state index is 0.663. The molecule has 1 aliphatic rings. The van der Waals surface area contributed by atoms with Crippen molar-refractivity contribution in [3.05, 3.63) is 30.6 Å². The lowest BCUT2D eigenvalue weighted by atomic mass is 10.3. The van der Waals surface area contributed by atoms with Crippen LogP contribution in [0.3, 0.4) is 0 Å². The van der Waals surface area contributed by atoms with Crippen LogP contribution in [-0.2, 0) is 0 Å². The molecule has 0 unspecified atom stereocenters. The molecule has 0 N–H and O–H groups in total. The first kappa shape index (κ1) is 5.77. The molecule has 2 heterocycles. The van der Waals surface area contributed by atoms with Crippen molar-refractivity contribution in [1.82, 2.24) is 20.1 Å². The number of hydrogen-bond acceptors (Lipinski definition) is 2. The van der Waals surface area contributed by atoms with Crippen LogP contribution in [0.4, 0.5) is 11.6 Å². The summed E-state index contributed by atoms with van der Waals surface area (Å²) in [5.41, 5.74) is 1.94. The van der Waals surface area contributed by atoms with Crippen molar-refractivity contribution in [2.24, 2.45) is 0 Å². The van der Waals surface area contributed by atoms with Crippen molar-refractivity contribution in [3.63, 3.8) is 0 Å². The second-order valence-electron chi connectivity index (χ2n) is 2.57. The number of para-hydroxylation sites is 2. The molecule has 0 saturated carbocycles. The Hall–Kier alpha value is -1.84. The highest BCUT2D eigenvalue weighted by atomic mass is 15.4. The van der Waals surface area contributed by atoms with E-state index in [0.717, 1.165) is 11.4 Å². The standard InChI is InChI=1S/C8H5N4/c1-2-4-7-6(3-1)11-8-9-5-10-12(7)8/h1-5H. The molecule has 0 saturated heterocycles. The summed E-state index contributed by atoms with van der Waals surface area (Å²) in [6.07, 6.45) is 1.51. The van der Waals surface area contributed by atoms with Gasteiger partial charge in [0.2, 0.25) is 0 Å². The summed E-state index contributed by atoms with van der Waals surface area (Å²) in [5.74, 6) is 0.663. The van der Waals surface area contributed by atoms with Gasteiger partial charge in [-0.25, -0.2) is 5.32 Å². The Bertz CT molecular complexity index is 432. The summed E-state index contributed by atoms with van der Waals surface area (Å²) in [4.78, 5) is 4.00. The number of fused-ring (bicyclic) bond motifs is 3. The molecule has 1 aliphatic heterocycles. The van der Waals surface area contributed by atoms with Crippen LogP contribution in [0.5, 0.6) is 0 Å². The lowest BCUT2D eigenvalue weighted by molar-refractivity contribution is 0.898. The molecule has 57 valence electrons. The summed E-state index contributed by atoms with van der Waals surface area (Å²) < 4.78 is 1.73. The normalized spacial score (nSPS) is 12.0. The molecule has 1 aromatic heterocycles. The van der Waals surface area contributed by atoms with E-state index in [1.54, 1.807) is 4.68 Å². The van der Waals surface area contributed by atoms with Gasteiger partial charge in [-0.15, -0.1) is 0 Å². The molecular weight excluding hydrogens is 152 g/mol. The van der Waals surface area contributed by atoms with Crippen LogP contribution in [0.1, 0.15) is 0 Å². The van der Waals surface area contributed by atoms with Crippen LogP contribution in [0.15, 0.2) is 30.6 Å². The summed E-state index contributed by atoms with van der Waals surface area (Å²) in [7, 11) is 0. The number of nitrogens with zero attached hydrogens (tertiary/aromatic N) is 4. The summed E-state index contributed by atoms with van der Waals surface area (Å²) in [5, 5.41) is 8.31. The first-order valence-corrected chi connectivity index (χ1v) is 3.66. The van der Waals surface area contributed by atoms with Crippen molar-refractivity contribution in [1.29, 1.82) is 0 Å². The fraction of sp³-hybridized carbons (Fsp3) is 0. The molecule has 12 heavy (non-hydrogen) atoms. The molecule has 1 aromatic carbocycles. The highest BCUT2D eigenvalue weighted by molar-refractivity contribution is 5.64. The fourth-order valence-corrected chi connectivity index (χ4v) is 1.33. The van der Waals surface area contributed by atoms with Gasteiger partial charge in [-0.2, -0.15) is 14.8 Å². The van der Waals surface area contributed by atoms with Crippen molar-refractivity contribution >= 4 is 11.6 Å². The van der Waals surface area contributed by atoms with E-state index in [1.807, 2.05) is 24.3 Å². The first-order valence-electron chi connectivity index (χ1n) is 3.66. The minimum Gasteiger partial charge on any atom is -0.209 e. The van der Waals surface area contributed by atoms with Gasteiger partial charge in [0.05, 0.1) is 11.4 Å². The third-order valence-electron chi connectivity index (χ3n) is 1.86. The molecule has 0 amide bonds. The number of hydrogen-bond donors (Lipinski definition) is 0. The fourth-order valence-electron chi connectivity index (χ4n) is 1.33. The van der Waals surface area contributed by atoms with Gasteiger partial charge in [0.25, 0.3) is 5.95 Å². The van der Waals surface area contributed by atoms with E-state index in [0.29, 0.717) is 5.95 Å². The van der Waals surface area contributed by atoms with Crippen LogP contribution in [-0.4, -0.2) is 14.8 Å². The topological polar surface area (TPSA) is 44.8 Å². The van der Waals surface area contributed by atoms with Crippen molar-refractivity contribution in [2.75, 3.05) is 0 Å². The van der Waals surface area contributed by atoms with Crippen LogP contribution >= 0.6 is 0 Å². The molecule has 1 radical (unpaired) electrons. The maximum Gasteiger partial charge on any atom is 0.253 e. The third-order valence-corrected chi connectivity index (χ3v) is 1.86. The van der Waals surface area contributed by atoms with E-state index < -0.39 is 0 Å². The molecule has 0 fully saturated rings. The molecule has 4 nitrogen and oxygen atoms in total. The molecule has 0 spiro atoms. The quantitative estimate of drug-likeness (QED) is 0.491. The average molecular weight is 157 g/mol. The van der Waals surface area contributed by atoms with E-state index in [-0.39, 0.29) is 0 Å². The van der Waals surface area contributed by atoms with E-state index in [1.165, 1.54) is 6.33 Å². The Morgan fingerprint density at radius 3 is 3.08 bits per heavy atom. The van der Waals surface area contributed by atoms with Crippen molar-refractivity contribution < 1.29 is 0 Å². The van der Waals surface area contributed by atoms with E-state index in [2.05, 4.69) is 15.4 Å². The van der Waals surface area contributed by atoms with E-state index in [9.17, 15) is 0 Å². The zero-order valence-electron chi connectivity index (χ0n) is 6.18. The van der Waals surface area contributed by atoms with Gasteiger partial charge in [0, 0.05) is 0 Å². The minimum atomic E-state index is 0.663. The molecule has 4 heteroatoms. The third kappa shape index (κ3) is 0.567. The molecule has 2 aromatic rings. The van der Waals surface area contributed by atoms with Gasteiger partial charge in [0.1, 0.15) is 6.33 Å². The van der Waals surface area contributed by atoms with Crippen LogP contribution in [0.2, 0.25) is 0 Å². The Morgan fingerprint density at radius 1 is 1.17 bits per heavy atom. The maximum atomic E-state index is 4.26. The number of rotatable bonds is 0. The predicted molar refractivity (Wildman–Crippen MR) is 42.8 cm³/mol. The van der Waals surface area contributed by atoms with Gasteiger partial charge >= 0.3 is 0 Å². The zero-order valence-corrected chi connectivity index (χ0v) is 6.18. The smallest absolute Gasteiger partial charge is 0.209 e. The van der Waals surface area contributed by atoms with Gasteiger partial charge in [-0.3, -0.25) is 0 Å². The monoisotopic (exact) mass is 157 g/mol. The molecular formula is C8H5N4. The highest BCUT2D eigenvalue weighted by Crippen LogP contribution is 2.30. The van der Waals surface area contributed by atoms with Gasteiger partial charge in [-0.1, -0.05) is 12.1 Å². The second-order valence-corrected chi connectivity index (χ2v) is 2.57. The summed E-state index contributed by atoms with van der Waals surface area (Å²) >= 11 is 0. The van der Waals surface area contributed by atoms with Crippen molar-refractivity contribution in [2.45, 2.75) is 0 Å². The molecule has 0 atom stereocenters. The van der Waals surface area contributed by atoms with Gasteiger partial charge in [-0.05, 0) is 12.1 Å². The number of benzene rings is 1. The predicted octanol–water partition coefficient (Wildman–Crippen LogP) is 1.15. The molecule has 0 bridgehead atoms. The lowest BCUT2D eigenvalue weighted by Gasteiger charge is -1.94. The number of aromatic nitrogens is 3. The first-order chi connectivity index (χ1) is 5.95. The molecule has 3 rings (SSSR count). The second kappa shape index (κ2) is 1.85. The van der Waals surface area contributed by atoms with Crippen molar-refractivity contribution in [3.8, 4) is 5.69 Å². The van der Waals surface area contributed by atoms with Crippen LogP contribution < -0.4 is 5.32 Å². The summed E-state index contributed by atoms with van der Waals surface area (Å²) in [6.45, 7) is 0. The highest BCUT2D eigenvalue weighted by Gasteiger charge is 2.19. The summed E-state index contributed by atoms with van der Waals surface area (Å²) in [6, 6.07) is 7.84. The zero-order chi connectivity index (χ0) is 7.97. The van der Waals surface area contributed by atoms with Crippen LogP contribution in [0, 0.1) is 0 Å².